The minimum atomic E-state index is 0.0695. The number of nitrogens with zero attached hydrogens (tertiary/aromatic N) is 2. The predicted octanol–water partition coefficient (Wildman–Crippen LogP) is 7.95. The zero-order valence-corrected chi connectivity index (χ0v) is 22.9. The normalized spacial score (nSPS) is 15.0. The van der Waals surface area contributed by atoms with Gasteiger partial charge >= 0.3 is 0 Å². The maximum Gasteiger partial charge on any atom is 0.147 e. The molecule has 36 heavy (non-hydrogen) atoms. The fourth-order valence-electron chi connectivity index (χ4n) is 4.80. The van der Waals surface area contributed by atoms with E-state index in [1.54, 1.807) is 6.92 Å². The Morgan fingerprint density at radius 3 is 1.86 bits per heavy atom. The van der Waals surface area contributed by atoms with E-state index in [1.807, 2.05) is 19.1 Å². The average molecular weight is 489 g/mol. The Bertz CT molecular complexity index is 950. The number of ketones is 1. The Kier molecular flexibility index (Phi) is 12.9. The predicted molar refractivity (Wildman–Crippen MR) is 151 cm³/mol. The number of aldehydes is 1. The molecule has 2 aromatic rings. The van der Waals surface area contributed by atoms with Gasteiger partial charge in [-0.3, -0.25) is 9.59 Å². The molecular formula is C32H44N2O2. The van der Waals surface area contributed by atoms with Gasteiger partial charge in [-0.05, 0) is 50.7 Å². The van der Waals surface area contributed by atoms with Crippen LogP contribution >= 0.6 is 0 Å². The average Bonchev–Trinajstić information content (AvgIpc) is 2.92. The van der Waals surface area contributed by atoms with Gasteiger partial charge in [0.15, 0.2) is 0 Å². The van der Waals surface area contributed by atoms with Gasteiger partial charge in [-0.15, -0.1) is 0 Å². The maximum absolute atomic E-state index is 11.5. The Labute approximate surface area is 218 Å². The quantitative estimate of drug-likeness (QED) is 0.156. The van der Waals surface area contributed by atoms with Crippen LogP contribution in [0.25, 0.3) is 0 Å². The van der Waals surface area contributed by atoms with E-state index >= 15 is 0 Å². The van der Waals surface area contributed by atoms with Crippen molar-refractivity contribution in [3.8, 4) is 0 Å². The minimum Gasteiger partial charge on any atom is -0.352 e. The summed E-state index contributed by atoms with van der Waals surface area (Å²) in [4.78, 5) is 29.3. The van der Waals surface area contributed by atoms with Crippen LogP contribution in [0, 0.1) is 5.92 Å². The van der Waals surface area contributed by atoms with E-state index in [9.17, 15) is 9.59 Å². The Balaban J connectivity index is 0.000000425. The van der Waals surface area contributed by atoms with Crippen LogP contribution in [0.2, 0.25) is 0 Å². The summed E-state index contributed by atoms with van der Waals surface area (Å²) < 4.78 is 0. The zero-order valence-electron chi connectivity index (χ0n) is 22.9. The number of carbonyl (C=O) groups is 2. The number of amidine groups is 1. The first kappa shape index (κ1) is 29.2. The van der Waals surface area contributed by atoms with E-state index in [4.69, 9.17) is 4.99 Å². The van der Waals surface area contributed by atoms with Crippen molar-refractivity contribution in [2.24, 2.45) is 10.9 Å². The molecule has 1 aliphatic rings. The molecule has 0 unspecified atom stereocenters. The highest BCUT2D eigenvalue weighted by Gasteiger charge is 2.20. The summed E-state index contributed by atoms with van der Waals surface area (Å²) in [5.41, 5.74) is 4.12. The van der Waals surface area contributed by atoms with Crippen molar-refractivity contribution in [3.05, 3.63) is 83.1 Å². The third-order valence-corrected chi connectivity index (χ3v) is 6.97. The first-order valence-electron chi connectivity index (χ1n) is 13.5. The van der Waals surface area contributed by atoms with Gasteiger partial charge in [0.1, 0.15) is 17.9 Å². The lowest BCUT2D eigenvalue weighted by Gasteiger charge is -2.31. The van der Waals surface area contributed by atoms with Crippen LogP contribution in [0.4, 0.5) is 0 Å². The molecule has 0 heterocycles. The van der Waals surface area contributed by atoms with Gasteiger partial charge in [0.05, 0.1) is 6.04 Å². The monoisotopic (exact) mass is 488 g/mol. The third kappa shape index (κ3) is 8.89. The number of allylic oxidation sites excluding steroid dienone is 2. The molecule has 0 aliphatic heterocycles. The molecule has 0 radical (unpaired) electrons. The Hall–Kier alpha value is -3.01. The molecule has 3 rings (SSSR count). The summed E-state index contributed by atoms with van der Waals surface area (Å²) >= 11 is 0. The lowest BCUT2D eigenvalue weighted by atomic mass is 9.87. The van der Waals surface area contributed by atoms with Crippen molar-refractivity contribution in [2.75, 3.05) is 7.05 Å². The number of carbonyl (C=O) groups excluding carboxylic acids is 2. The molecule has 1 fully saturated rings. The number of rotatable bonds is 9. The van der Waals surface area contributed by atoms with Gasteiger partial charge in [-0.25, -0.2) is 4.99 Å². The fraction of sp³-hybridized carbons (Fsp3) is 0.469. The molecule has 0 spiro atoms. The van der Waals surface area contributed by atoms with Crippen molar-refractivity contribution < 1.29 is 9.59 Å². The van der Waals surface area contributed by atoms with Crippen LogP contribution in [0.1, 0.15) is 96.2 Å². The highest BCUT2D eigenvalue weighted by molar-refractivity contribution is 5.83. The molecule has 0 atom stereocenters. The van der Waals surface area contributed by atoms with E-state index in [1.165, 1.54) is 30.4 Å². The summed E-state index contributed by atoms with van der Waals surface area (Å²) in [6, 6.07) is 21.0. The zero-order chi connectivity index (χ0) is 26.3. The van der Waals surface area contributed by atoms with Crippen LogP contribution in [-0.4, -0.2) is 29.9 Å². The first-order valence-corrected chi connectivity index (χ1v) is 13.5. The second-order valence-corrected chi connectivity index (χ2v) is 9.63. The highest BCUT2D eigenvalue weighted by atomic mass is 16.1. The Morgan fingerprint density at radius 2 is 1.47 bits per heavy atom. The number of aliphatic imine (C=N–C) groups is 1. The minimum absolute atomic E-state index is 0.0695. The van der Waals surface area contributed by atoms with Gasteiger partial charge in [0.25, 0.3) is 0 Å². The van der Waals surface area contributed by atoms with Gasteiger partial charge in [-0.1, -0.05) is 100 Å². The van der Waals surface area contributed by atoms with E-state index in [0.29, 0.717) is 11.7 Å². The molecule has 2 aromatic carbocycles. The smallest absolute Gasteiger partial charge is 0.147 e. The number of hydrogen-bond acceptors (Lipinski definition) is 3. The summed E-state index contributed by atoms with van der Waals surface area (Å²) in [5.74, 6) is 1.72. The summed E-state index contributed by atoms with van der Waals surface area (Å²) in [5, 5.41) is 0. The fourth-order valence-corrected chi connectivity index (χ4v) is 4.80. The van der Waals surface area contributed by atoms with Crippen molar-refractivity contribution >= 4 is 17.9 Å². The van der Waals surface area contributed by atoms with Crippen LogP contribution in [0.5, 0.6) is 0 Å². The molecule has 4 heteroatoms. The molecule has 1 saturated carbocycles. The van der Waals surface area contributed by atoms with Crippen molar-refractivity contribution in [3.63, 3.8) is 0 Å². The van der Waals surface area contributed by atoms with Gasteiger partial charge in [-0.2, -0.15) is 0 Å². The first-order chi connectivity index (χ1) is 17.4. The van der Waals surface area contributed by atoms with E-state index < -0.39 is 0 Å². The second-order valence-electron chi connectivity index (χ2n) is 9.63. The summed E-state index contributed by atoms with van der Waals surface area (Å²) in [6.45, 7) is 7.87. The van der Waals surface area contributed by atoms with Crippen LogP contribution < -0.4 is 0 Å². The highest BCUT2D eigenvalue weighted by Crippen LogP contribution is 2.28. The van der Waals surface area contributed by atoms with Crippen molar-refractivity contribution in [1.29, 1.82) is 0 Å². The van der Waals surface area contributed by atoms with Gasteiger partial charge < -0.3 is 4.90 Å². The molecule has 0 bridgehead atoms. The van der Waals surface area contributed by atoms with E-state index in [2.05, 4.69) is 74.3 Å². The number of Topliss-reactive ketones (excluding diaryl/α,β-unsaturated/α-hetero) is 1. The lowest BCUT2D eigenvalue weighted by molar-refractivity contribution is -0.121. The SMILES string of the molecule is CC(=O)C1CCCCC1.CCC/C(C=O)=C(\CC)N=C(C)N(C)C(c1ccccc1)c1ccccc1. The molecule has 4 nitrogen and oxygen atoms in total. The Morgan fingerprint density at radius 1 is 0.944 bits per heavy atom. The standard InChI is InChI=1S/C24H30N2O.C8H14O/c1-5-13-22(18-27)23(6-2)25-19(3)26(4)24(20-14-9-7-10-15-20)21-16-11-8-12-17-21;1-7(9)8-5-3-2-4-6-8/h7-12,14-18,24H,5-6,13H2,1-4H3;8H,2-6H2,1H3/b23-22-,25-19?;. The van der Waals surface area contributed by atoms with Crippen molar-refractivity contribution in [2.45, 2.75) is 85.1 Å². The topological polar surface area (TPSA) is 49.7 Å². The lowest BCUT2D eigenvalue weighted by Crippen LogP contribution is -2.30. The van der Waals surface area contributed by atoms with Crippen LogP contribution in [0.3, 0.4) is 0 Å². The van der Waals surface area contributed by atoms with E-state index in [-0.39, 0.29) is 6.04 Å². The van der Waals surface area contributed by atoms with Gasteiger partial charge in [0, 0.05) is 24.2 Å². The van der Waals surface area contributed by atoms with Crippen LogP contribution in [0.15, 0.2) is 76.9 Å². The largest absolute Gasteiger partial charge is 0.352 e. The number of hydrogen-bond donors (Lipinski definition) is 0. The molecule has 0 aromatic heterocycles. The summed E-state index contributed by atoms with van der Waals surface area (Å²) in [7, 11) is 2.07. The molecule has 0 saturated heterocycles. The van der Waals surface area contributed by atoms with Crippen molar-refractivity contribution in [1.82, 2.24) is 4.90 Å². The second kappa shape index (κ2) is 15.9. The van der Waals surface area contributed by atoms with E-state index in [0.717, 1.165) is 55.5 Å². The third-order valence-electron chi connectivity index (χ3n) is 6.97. The van der Waals surface area contributed by atoms with Crippen LogP contribution in [-0.2, 0) is 9.59 Å². The number of benzene rings is 2. The molecule has 0 amide bonds. The molecule has 194 valence electrons. The molecule has 1 aliphatic carbocycles. The molecular weight excluding hydrogens is 444 g/mol. The maximum atomic E-state index is 11.5. The molecule has 0 N–H and O–H groups in total. The van der Waals surface area contributed by atoms with Gasteiger partial charge in [0.2, 0.25) is 0 Å². The summed E-state index contributed by atoms with van der Waals surface area (Å²) in [6.07, 6.45) is 9.60.